The van der Waals surface area contributed by atoms with Crippen LogP contribution in [0, 0.1) is 11.9 Å². The van der Waals surface area contributed by atoms with Gasteiger partial charge in [-0.05, 0) is 77.4 Å². The highest BCUT2D eigenvalue weighted by Crippen LogP contribution is 2.35. The third-order valence-electron chi connectivity index (χ3n) is 5.82. The van der Waals surface area contributed by atoms with E-state index >= 15 is 0 Å². The molecule has 0 spiro atoms. The number of halogens is 2. The molecule has 0 atom stereocenters. The summed E-state index contributed by atoms with van der Waals surface area (Å²) in [6.07, 6.45) is 0. The first-order chi connectivity index (χ1) is 16.0. The minimum absolute atomic E-state index is 0.308. The van der Waals surface area contributed by atoms with Crippen LogP contribution in [0.3, 0.4) is 0 Å². The van der Waals surface area contributed by atoms with Gasteiger partial charge < -0.3 is 15.0 Å². The van der Waals surface area contributed by atoms with Crippen molar-refractivity contribution in [1.29, 1.82) is 0 Å². The molecule has 4 aromatic carbocycles. The summed E-state index contributed by atoms with van der Waals surface area (Å²) in [6.45, 7) is 0.403. The van der Waals surface area contributed by atoms with Gasteiger partial charge in [0.25, 0.3) is 0 Å². The lowest BCUT2D eigenvalue weighted by Gasteiger charge is -2.11. The first kappa shape index (κ1) is 21.2. The molecule has 4 nitrogen and oxygen atoms in total. The summed E-state index contributed by atoms with van der Waals surface area (Å²) in [5, 5.41) is 1.54. The molecule has 0 aliphatic rings. The van der Waals surface area contributed by atoms with E-state index in [2.05, 4.69) is 32.6 Å². The van der Waals surface area contributed by atoms with Gasteiger partial charge in [0.1, 0.15) is 11.6 Å². The number of fused-ring (bicyclic) bond motifs is 3. The van der Waals surface area contributed by atoms with Crippen LogP contribution in [0.1, 0.15) is 15.9 Å². The number of aromatic nitrogens is 1. The Kier molecular flexibility index (Phi) is 5.38. The fraction of sp³-hybridized carbons (Fsp3) is 0.0741. The Labute approximate surface area is 198 Å². The molecule has 2 N–H and O–H groups in total. The Morgan fingerprint density at radius 1 is 1.06 bits per heavy atom. The van der Waals surface area contributed by atoms with Gasteiger partial charge in [-0.1, -0.05) is 34.1 Å². The summed E-state index contributed by atoms with van der Waals surface area (Å²) in [5.41, 5.74) is 10.6. The van der Waals surface area contributed by atoms with E-state index in [0.717, 1.165) is 48.7 Å². The van der Waals surface area contributed by atoms with Crippen LogP contribution >= 0.6 is 15.9 Å². The van der Waals surface area contributed by atoms with Gasteiger partial charge in [-0.25, -0.2) is 4.39 Å². The van der Waals surface area contributed by atoms with Crippen LogP contribution in [0.25, 0.3) is 32.9 Å². The quantitative estimate of drug-likeness (QED) is 0.306. The van der Waals surface area contributed by atoms with E-state index in [4.69, 9.17) is 10.5 Å². The van der Waals surface area contributed by atoms with Crippen molar-refractivity contribution in [3.63, 3.8) is 0 Å². The summed E-state index contributed by atoms with van der Waals surface area (Å²) >= 11 is 3.53. The molecule has 33 heavy (non-hydrogen) atoms. The zero-order valence-corrected chi connectivity index (χ0v) is 19.3. The third-order valence-corrected chi connectivity index (χ3v) is 6.59. The number of methoxy groups -OCH3 is 1. The number of nitrogens with two attached hydrogens (primary N) is 1. The number of benzene rings is 4. The maximum Gasteiger partial charge on any atom is 0.249 e. The molecule has 1 heterocycles. The molecule has 0 aliphatic heterocycles. The van der Waals surface area contributed by atoms with Gasteiger partial charge in [0.15, 0.2) is 0 Å². The number of nitrogens with zero attached hydrogens (tertiary/aromatic N) is 1. The number of carbonyl (C=O) groups is 1. The van der Waals surface area contributed by atoms with E-state index in [9.17, 15) is 9.18 Å². The lowest BCUT2D eigenvalue weighted by molar-refractivity contribution is 0.100. The standard InChI is InChI=1S/C27H19BrFN2O2/c1-33-20-9-5-16(6-10-20)17-7-11-21-25(14-17)31(15-18-13-19(29)8-12-23(18)28)24-4-2-3-22(26(21)24)27(30)32/h2-10,12-14H,15H2,1H3,(H2,30,32). The van der Waals surface area contributed by atoms with E-state index < -0.39 is 5.91 Å². The zero-order chi connectivity index (χ0) is 23.1. The monoisotopic (exact) mass is 501 g/mol. The minimum atomic E-state index is -0.501. The summed E-state index contributed by atoms with van der Waals surface area (Å²) in [4.78, 5) is 12.2. The highest BCUT2D eigenvalue weighted by atomic mass is 79.9. The predicted octanol–water partition coefficient (Wildman–Crippen LogP) is 6.32. The molecule has 5 rings (SSSR count). The molecule has 1 aromatic heterocycles. The van der Waals surface area contributed by atoms with Crippen molar-refractivity contribution in [2.45, 2.75) is 6.54 Å². The molecule has 0 saturated heterocycles. The first-order valence-electron chi connectivity index (χ1n) is 10.3. The van der Waals surface area contributed by atoms with E-state index in [0.29, 0.717) is 12.1 Å². The van der Waals surface area contributed by atoms with Gasteiger partial charge in [-0.3, -0.25) is 4.79 Å². The second kappa shape index (κ2) is 8.37. The molecule has 1 amide bonds. The minimum Gasteiger partial charge on any atom is -0.497 e. The number of hydrogen-bond acceptors (Lipinski definition) is 2. The molecule has 163 valence electrons. The van der Waals surface area contributed by atoms with Crippen molar-refractivity contribution in [1.82, 2.24) is 4.57 Å². The van der Waals surface area contributed by atoms with Gasteiger partial charge in [0, 0.05) is 27.4 Å². The van der Waals surface area contributed by atoms with Crippen LogP contribution in [-0.2, 0) is 6.54 Å². The highest BCUT2D eigenvalue weighted by Gasteiger charge is 2.18. The van der Waals surface area contributed by atoms with Crippen molar-refractivity contribution in [2.24, 2.45) is 5.73 Å². The lowest BCUT2D eigenvalue weighted by Crippen LogP contribution is -2.11. The van der Waals surface area contributed by atoms with Crippen LogP contribution < -0.4 is 10.5 Å². The Balaban J connectivity index is 1.78. The van der Waals surface area contributed by atoms with Crippen molar-refractivity contribution in [3.05, 3.63) is 100 Å². The van der Waals surface area contributed by atoms with Gasteiger partial charge in [-0.15, -0.1) is 0 Å². The molecule has 0 saturated carbocycles. The maximum absolute atomic E-state index is 14.0. The second-order valence-corrected chi connectivity index (χ2v) is 8.62. The molecule has 0 aliphatic carbocycles. The van der Waals surface area contributed by atoms with Crippen molar-refractivity contribution in [2.75, 3.05) is 7.11 Å². The maximum atomic E-state index is 14.0. The largest absolute Gasteiger partial charge is 0.497 e. The average molecular weight is 502 g/mol. The van der Waals surface area contributed by atoms with Crippen LogP contribution in [0.2, 0.25) is 0 Å². The van der Waals surface area contributed by atoms with Crippen LogP contribution in [0.5, 0.6) is 5.75 Å². The van der Waals surface area contributed by atoms with E-state index in [-0.39, 0.29) is 5.82 Å². The number of carbonyl (C=O) groups excluding carboxylic acids is 1. The fourth-order valence-electron chi connectivity index (χ4n) is 4.22. The topological polar surface area (TPSA) is 57.2 Å². The van der Waals surface area contributed by atoms with Crippen molar-refractivity contribution in [3.8, 4) is 16.9 Å². The van der Waals surface area contributed by atoms with Crippen molar-refractivity contribution >= 4 is 43.6 Å². The van der Waals surface area contributed by atoms with Crippen LogP contribution in [-0.4, -0.2) is 17.6 Å². The number of ether oxygens (including phenoxy) is 1. The van der Waals surface area contributed by atoms with Gasteiger partial charge in [-0.2, -0.15) is 0 Å². The highest BCUT2D eigenvalue weighted by molar-refractivity contribution is 9.10. The number of rotatable bonds is 5. The van der Waals surface area contributed by atoms with Crippen molar-refractivity contribution < 1.29 is 13.9 Å². The molecule has 1 radical (unpaired) electrons. The SMILES string of the molecule is COc1ccc(-c2c[c]c3c4c(C(N)=O)cccc4n(Cc4cc(F)ccc4Br)c3c2)cc1. The molecular formula is C27H19BrFN2O2. The average Bonchev–Trinajstić information content (AvgIpc) is 3.14. The first-order valence-corrected chi connectivity index (χ1v) is 11.1. The summed E-state index contributed by atoms with van der Waals surface area (Å²) < 4.78 is 22.2. The number of primary amides is 1. The number of amides is 1. The smallest absolute Gasteiger partial charge is 0.249 e. The zero-order valence-electron chi connectivity index (χ0n) is 17.7. The Morgan fingerprint density at radius 2 is 1.85 bits per heavy atom. The normalized spacial score (nSPS) is 11.2. The second-order valence-electron chi connectivity index (χ2n) is 7.76. The van der Waals surface area contributed by atoms with Gasteiger partial charge in [0.05, 0.1) is 18.1 Å². The van der Waals surface area contributed by atoms with E-state index in [1.165, 1.54) is 12.1 Å². The summed E-state index contributed by atoms with van der Waals surface area (Å²) in [5.74, 6) is -0.0310. The van der Waals surface area contributed by atoms with Crippen LogP contribution in [0.4, 0.5) is 4.39 Å². The van der Waals surface area contributed by atoms with E-state index in [1.807, 2.05) is 42.5 Å². The molecule has 0 unspecified atom stereocenters. The summed E-state index contributed by atoms with van der Waals surface area (Å²) in [7, 11) is 1.63. The van der Waals surface area contributed by atoms with Gasteiger partial charge in [0.2, 0.25) is 5.91 Å². The Bertz CT molecular complexity index is 1520. The molecule has 0 bridgehead atoms. The molecule has 6 heteroatoms. The predicted molar refractivity (Wildman–Crippen MR) is 132 cm³/mol. The van der Waals surface area contributed by atoms with E-state index in [1.54, 1.807) is 19.2 Å². The Morgan fingerprint density at radius 3 is 2.58 bits per heavy atom. The fourth-order valence-corrected chi connectivity index (χ4v) is 4.59. The molecule has 5 aromatic rings. The van der Waals surface area contributed by atoms with Gasteiger partial charge >= 0.3 is 0 Å². The van der Waals surface area contributed by atoms with Crippen LogP contribution in [0.15, 0.2) is 77.3 Å². The Hall–Kier alpha value is -3.64. The molecular weight excluding hydrogens is 483 g/mol. The lowest BCUT2D eigenvalue weighted by atomic mass is 10.0. The number of hydrogen-bond donors (Lipinski definition) is 1. The third kappa shape index (κ3) is 3.76. The summed E-state index contributed by atoms with van der Waals surface area (Å²) in [6, 6.07) is 25.2. The molecule has 0 fully saturated rings.